The average molecular weight is 414 g/mol. The third kappa shape index (κ3) is 3.20. The highest BCUT2D eigenvalue weighted by Gasteiger charge is 2.33. The molecule has 0 radical (unpaired) electrons. The first-order valence-electron chi connectivity index (χ1n) is 10.2. The van der Waals surface area contributed by atoms with Crippen molar-refractivity contribution in [3.8, 4) is 0 Å². The Balaban J connectivity index is 1.78. The van der Waals surface area contributed by atoms with Gasteiger partial charge in [0.25, 0.3) is 0 Å². The molecule has 3 nitrogen and oxygen atoms in total. The molecule has 0 spiro atoms. The topological polar surface area (TPSA) is 28.2 Å². The number of hydrogen-bond donors (Lipinski definition) is 1. The van der Waals surface area contributed by atoms with Gasteiger partial charge in [-0.3, -0.25) is 0 Å². The Labute approximate surface area is 182 Å². The van der Waals surface area contributed by atoms with Crippen LogP contribution in [-0.4, -0.2) is 10.5 Å². The molecule has 1 aliphatic heterocycles. The fraction of sp³-hybridized carbons (Fsp3) is 0.192. The van der Waals surface area contributed by atoms with E-state index in [0.717, 1.165) is 39.8 Å². The molecular weight excluding hydrogens is 390 g/mol. The zero-order valence-electron chi connectivity index (χ0n) is 17.4. The molecule has 0 saturated carbocycles. The zero-order chi connectivity index (χ0) is 20.9. The molecule has 1 N–H and O–H groups in total. The van der Waals surface area contributed by atoms with Gasteiger partial charge >= 0.3 is 0 Å². The van der Waals surface area contributed by atoms with Crippen molar-refractivity contribution in [3.05, 3.63) is 88.9 Å². The van der Waals surface area contributed by atoms with E-state index in [1.807, 2.05) is 12.1 Å². The summed E-state index contributed by atoms with van der Waals surface area (Å²) in [5.41, 5.74) is 6.70. The lowest BCUT2D eigenvalue weighted by atomic mass is 9.95. The second-order valence-electron chi connectivity index (χ2n) is 8.76. The van der Waals surface area contributed by atoms with Crippen molar-refractivity contribution in [1.29, 1.82) is 0 Å². The minimum atomic E-state index is -0.125. The zero-order valence-corrected chi connectivity index (χ0v) is 18.2. The van der Waals surface area contributed by atoms with Crippen LogP contribution < -0.4 is 10.2 Å². The van der Waals surface area contributed by atoms with Gasteiger partial charge < -0.3 is 10.2 Å². The van der Waals surface area contributed by atoms with Crippen molar-refractivity contribution in [2.75, 3.05) is 10.2 Å². The molecule has 0 saturated heterocycles. The molecule has 0 atom stereocenters. The Morgan fingerprint density at radius 2 is 1.60 bits per heavy atom. The first kappa shape index (κ1) is 19.0. The molecule has 1 aliphatic rings. The molecule has 150 valence electrons. The first-order chi connectivity index (χ1) is 14.4. The maximum atomic E-state index is 6.12. The Hall–Kier alpha value is -3.04. The Morgan fingerprint density at radius 3 is 2.37 bits per heavy atom. The minimum Gasteiger partial charge on any atom is -0.351 e. The lowest BCUT2D eigenvalue weighted by Gasteiger charge is -2.42. The summed E-state index contributed by atoms with van der Waals surface area (Å²) in [5.74, 6) is 0.976. The molecule has 0 fully saturated rings. The highest BCUT2D eigenvalue weighted by molar-refractivity contribution is 6.30. The summed E-state index contributed by atoms with van der Waals surface area (Å²) in [6.07, 6.45) is 0.801. The van der Waals surface area contributed by atoms with Crippen LogP contribution in [0, 0.1) is 0 Å². The van der Waals surface area contributed by atoms with Crippen molar-refractivity contribution in [2.24, 2.45) is 0 Å². The minimum absolute atomic E-state index is 0.125. The second-order valence-corrected chi connectivity index (χ2v) is 9.19. The summed E-state index contributed by atoms with van der Waals surface area (Å²) >= 11 is 6.12. The number of pyridine rings is 1. The van der Waals surface area contributed by atoms with Gasteiger partial charge in [0.1, 0.15) is 0 Å². The fourth-order valence-corrected chi connectivity index (χ4v) is 4.38. The van der Waals surface area contributed by atoms with Gasteiger partial charge in [-0.2, -0.15) is 0 Å². The highest BCUT2D eigenvalue weighted by atomic mass is 35.5. The third-order valence-corrected chi connectivity index (χ3v) is 5.81. The van der Waals surface area contributed by atoms with Crippen molar-refractivity contribution < 1.29 is 0 Å². The van der Waals surface area contributed by atoms with Crippen LogP contribution in [0.2, 0.25) is 5.02 Å². The van der Waals surface area contributed by atoms with Crippen LogP contribution in [0.3, 0.4) is 0 Å². The molecule has 0 amide bonds. The normalized spacial score (nSPS) is 13.0. The van der Waals surface area contributed by atoms with Crippen molar-refractivity contribution in [1.82, 2.24) is 4.98 Å². The maximum Gasteiger partial charge on any atom is 0.158 e. The van der Waals surface area contributed by atoms with Crippen molar-refractivity contribution in [2.45, 2.75) is 32.7 Å². The van der Waals surface area contributed by atoms with Gasteiger partial charge in [-0.25, -0.2) is 4.98 Å². The Kier molecular flexibility index (Phi) is 4.44. The largest absolute Gasteiger partial charge is 0.351 e. The molecule has 4 aromatic rings. The summed E-state index contributed by atoms with van der Waals surface area (Å²) in [6.45, 7) is 6.69. The second kappa shape index (κ2) is 7.03. The predicted octanol–water partition coefficient (Wildman–Crippen LogP) is 7.47. The number of hydrogen-bond acceptors (Lipinski definition) is 3. The molecule has 0 aliphatic carbocycles. The lowest BCUT2D eigenvalue weighted by Crippen LogP contribution is -2.40. The van der Waals surface area contributed by atoms with Crippen LogP contribution >= 0.6 is 11.6 Å². The number of halogens is 1. The van der Waals surface area contributed by atoms with Crippen LogP contribution in [-0.2, 0) is 6.42 Å². The van der Waals surface area contributed by atoms with E-state index in [1.54, 1.807) is 0 Å². The average Bonchev–Trinajstić information content (AvgIpc) is 2.72. The number of para-hydroxylation sites is 3. The Morgan fingerprint density at radius 1 is 0.900 bits per heavy atom. The standard InChI is InChI=1S/C26H24ClN3/c1-26(2,3)30-23-11-7-6-10-22(23)28-24-20(16-17-12-14-18(27)15-13-17)19-8-4-5-9-21(19)29-25(24)30/h4-15,28H,16H2,1-3H3. The van der Waals surface area contributed by atoms with Crippen LogP contribution in [0.4, 0.5) is 22.9 Å². The first-order valence-corrected chi connectivity index (χ1v) is 10.6. The van der Waals surface area contributed by atoms with Gasteiger partial charge in [-0.05, 0) is 62.2 Å². The molecule has 1 aromatic heterocycles. The summed E-state index contributed by atoms with van der Waals surface area (Å²) in [6, 6.07) is 25.0. The molecule has 4 heteroatoms. The van der Waals surface area contributed by atoms with E-state index < -0.39 is 0 Å². The van der Waals surface area contributed by atoms with E-state index in [9.17, 15) is 0 Å². The molecular formula is C26H24ClN3. The third-order valence-electron chi connectivity index (χ3n) is 5.56. The summed E-state index contributed by atoms with van der Waals surface area (Å²) in [4.78, 5) is 7.47. The molecule has 5 rings (SSSR count). The van der Waals surface area contributed by atoms with Gasteiger partial charge in [-0.15, -0.1) is 0 Å². The van der Waals surface area contributed by atoms with E-state index in [-0.39, 0.29) is 5.54 Å². The number of aromatic nitrogens is 1. The van der Waals surface area contributed by atoms with Gasteiger partial charge in [-0.1, -0.05) is 54.1 Å². The monoisotopic (exact) mass is 413 g/mol. The van der Waals surface area contributed by atoms with Crippen molar-refractivity contribution >= 4 is 45.4 Å². The number of nitrogens with one attached hydrogen (secondary N) is 1. The summed E-state index contributed by atoms with van der Waals surface area (Å²) < 4.78 is 0. The molecule has 3 aromatic carbocycles. The number of rotatable bonds is 2. The van der Waals surface area contributed by atoms with E-state index in [4.69, 9.17) is 16.6 Å². The SMILES string of the molecule is CC(C)(C)N1c2ccccc2Nc2c1nc1ccccc1c2Cc1ccc(Cl)cc1. The number of fused-ring (bicyclic) bond motifs is 3. The van der Waals surface area contributed by atoms with Crippen LogP contribution in [0.25, 0.3) is 10.9 Å². The number of nitrogens with zero attached hydrogens (tertiary/aromatic N) is 2. The molecule has 0 unspecified atom stereocenters. The molecule has 2 heterocycles. The van der Waals surface area contributed by atoms with Crippen LogP contribution in [0.5, 0.6) is 0 Å². The predicted molar refractivity (Wildman–Crippen MR) is 128 cm³/mol. The summed E-state index contributed by atoms with van der Waals surface area (Å²) in [5, 5.41) is 5.63. The summed E-state index contributed by atoms with van der Waals surface area (Å²) in [7, 11) is 0. The van der Waals surface area contributed by atoms with Crippen molar-refractivity contribution in [3.63, 3.8) is 0 Å². The molecule has 0 bridgehead atoms. The quantitative estimate of drug-likeness (QED) is 0.369. The lowest BCUT2D eigenvalue weighted by molar-refractivity contribution is 0.555. The maximum absolute atomic E-state index is 6.12. The van der Waals surface area contributed by atoms with E-state index >= 15 is 0 Å². The van der Waals surface area contributed by atoms with Crippen LogP contribution in [0.15, 0.2) is 72.8 Å². The van der Waals surface area contributed by atoms with E-state index in [0.29, 0.717) is 0 Å². The van der Waals surface area contributed by atoms with Gasteiger partial charge in [0.15, 0.2) is 5.82 Å². The fourth-order valence-electron chi connectivity index (χ4n) is 4.25. The highest BCUT2D eigenvalue weighted by Crippen LogP contribution is 2.49. The van der Waals surface area contributed by atoms with E-state index in [2.05, 4.69) is 91.7 Å². The smallest absolute Gasteiger partial charge is 0.158 e. The van der Waals surface area contributed by atoms with E-state index in [1.165, 1.54) is 16.5 Å². The number of benzene rings is 3. The Bertz CT molecular complexity index is 1240. The van der Waals surface area contributed by atoms with Gasteiger partial charge in [0, 0.05) is 22.4 Å². The van der Waals surface area contributed by atoms with Crippen LogP contribution in [0.1, 0.15) is 31.9 Å². The van der Waals surface area contributed by atoms with Gasteiger partial charge in [0.05, 0.1) is 22.6 Å². The number of anilines is 4. The molecule has 30 heavy (non-hydrogen) atoms. The van der Waals surface area contributed by atoms with Gasteiger partial charge in [0.2, 0.25) is 0 Å².